The number of benzene rings is 4. The van der Waals surface area contributed by atoms with Crippen LogP contribution in [-0.2, 0) is 12.4 Å². The summed E-state index contributed by atoms with van der Waals surface area (Å²) in [6.45, 7) is 0. The van der Waals surface area contributed by atoms with Crippen LogP contribution in [0.2, 0.25) is 0 Å². The summed E-state index contributed by atoms with van der Waals surface area (Å²) >= 11 is 0. The molecule has 0 fully saturated rings. The predicted octanol–water partition coefficient (Wildman–Crippen LogP) is 7.63. The van der Waals surface area contributed by atoms with E-state index in [9.17, 15) is 26.3 Å². The first-order chi connectivity index (χ1) is 15.9. The highest BCUT2D eigenvalue weighted by atomic mass is 19.4. The summed E-state index contributed by atoms with van der Waals surface area (Å²) in [5.41, 5.74) is 8.44. The Morgan fingerprint density at radius 2 is 0.882 bits per heavy atom. The Bertz CT molecular complexity index is 1260. The van der Waals surface area contributed by atoms with Crippen molar-refractivity contribution < 1.29 is 35.8 Å². The summed E-state index contributed by atoms with van der Waals surface area (Å²) in [6.07, 6.45) is -9.58. The lowest BCUT2D eigenvalue weighted by molar-refractivity contribution is -0.139. The van der Waals surface area contributed by atoms with Gasteiger partial charge in [-0.05, 0) is 59.3 Å². The Balaban J connectivity index is 1.86. The second-order valence-electron chi connectivity index (χ2n) is 7.36. The molecule has 176 valence electrons. The zero-order valence-electron chi connectivity index (χ0n) is 17.2. The molecule has 0 aliphatic rings. The molecule has 0 unspecified atom stereocenters. The Kier molecular flexibility index (Phi) is 5.68. The van der Waals surface area contributed by atoms with E-state index in [0.29, 0.717) is 22.9 Å². The Labute approximate surface area is 189 Å². The molecular weight excluding hydrogens is 462 g/mol. The fraction of sp³-hybridized carbons (Fsp3) is 0.0833. The molecule has 0 saturated carbocycles. The smallest absolute Gasteiger partial charge is 0.420 e. The van der Waals surface area contributed by atoms with Crippen molar-refractivity contribution in [2.75, 3.05) is 11.5 Å². The zero-order valence-corrected chi connectivity index (χ0v) is 17.2. The molecule has 0 aromatic heterocycles. The molecule has 10 heteroatoms. The molecule has 34 heavy (non-hydrogen) atoms. The van der Waals surface area contributed by atoms with Crippen LogP contribution in [0.4, 0.5) is 37.7 Å². The minimum absolute atomic E-state index is 0.133. The molecule has 4 aromatic rings. The summed E-state index contributed by atoms with van der Waals surface area (Å²) < 4.78 is 92.4. The van der Waals surface area contributed by atoms with Gasteiger partial charge in [-0.3, -0.25) is 0 Å². The minimum Gasteiger partial charge on any atom is -0.453 e. The van der Waals surface area contributed by atoms with E-state index in [1.807, 2.05) is 0 Å². The molecular formula is C24H16F6N2O2. The Morgan fingerprint density at radius 3 is 1.24 bits per heavy atom. The minimum atomic E-state index is -4.79. The van der Waals surface area contributed by atoms with Crippen LogP contribution in [0.15, 0.2) is 72.8 Å². The van der Waals surface area contributed by atoms with Crippen molar-refractivity contribution >= 4 is 22.1 Å². The summed E-state index contributed by atoms with van der Waals surface area (Å²) in [6, 6.07) is 15.4. The van der Waals surface area contributed by atoms with E-state index in [2.05, 4.69) is 0 Å². The number of fused-ring (bicyclic) bond motifs is 1. The van der Waals surface area contributed by atoms with Gasteiger partial charge in [0.1, 0.15) is 22.6 Å². The highest BCUT2D eigenvalue weighted by Crippen LogP contribution is 2.45. The van der Waals surface area contributed by atoms with Crippen LogP contribution in [0.5, 0.6) is 23.0 Å². The third-order valence-electron chi connectivity index (χ3n) is 4.87. The SMILES string of the molecule is Nc1ccc(Oc2cc3ccccc3cc2Oc2ccc(N)cc2C(F)(F)F)c(C(F)(F)F)c1. The van der Waals surface area contributed by atoms with Crippen molar-refractivity contribution in [3.63, 3.8) is 0 Å². The number of nitrogens with two attached hydrogens (primary N) is 2. The van der Waals surface area contributed by atoms with Gasteiger partial charge in [0.05, 0.1) is 0 Å². The van der Waals surface area contributed by atoms with Gasteiger partial charge in [-0.15, -0.1) is 0 Å². The molecule has 0 aliphatic heterocycles. The van der Waals surface area contributed by atoms with Crippen LogP contribution in [0, 0.1) is 0 Å². The maximum absolute atomic E-state index is 13.5. The van der Waals surface area contributed by atoms with E-state index in [0.717, 1.165) is 12.1 Å². The lowest BCUT2D eigenvalue weighted by atomic mass is 10.1. The molecule has 0 radical (unpaired) electrons. The van der Waals surface area contributed by atoms with E-state index >= 15 is 0 Å². The average Bonchev–Trinajstić information content (AvgIpc) is 2.75. The van der Waals surface area contributed by atoms with E-state index in [-0.39, 0.29) is 22.9 Å². The number of nitrogen functional groups attached to an aromatic ring is 2. The predicted molar refractivity (Wildman–Crippen MR) is 116 cm³/mol. The summed E-state index contributed by atoms with van der Waals surface area (Å²) in [5, 5.41) is 1.14. The van der Waals surface area contributed by atoms with E-state index in [4.69, 9.17) is 20.9 Å². The number of anilines is 2. The molecule has 0 saturated heterocycles. The van der Waals surface area contributed by atoms with Gasteiger partial charge in [-0.2, -0.15) is 26.3 Å². The molecule has 4 rings (SSSR count). The normalized spacial score (nSPS) is 12.1. The van der Waals surface area contributed by atoms with Gasteiger partial charge in [0, 0.05) is 11.4 Å². The monoisotopic (exact) mass is 478 g/mol. The van der Waals surface area contributed by atoms with E-state index in [1.54, 1.807) is 24.3 Å². The van der Waals surface area contributed by atoms with Crippen LogP contribution in [0.1, 0.15) is 11.1 Å². The standard InChI is InChI=1S/C24H16F6N2O2/c25-23(26,27)17-11-15(31)5-7-19(17)33-21-9-13-3-1-2-4-14(13)10-22(21)34-20-8-6-16(32)12-18(20)24(28,29)30/h1-12H,31-32H2. The van der Waals surface area contributed by atoms with Crippen molar-refractivity contribution in [3.8, 4) is 23.0 Å². The lowest BCUT2D eigenvalue weighted by Crippen LogP contribution is -2.09. The van der Waals surface area contributed by atoms with E-state index < -0.39 is 35.0 Å². The Morgan fingerprint density at radius 1 is 0.500 bits per heavy atom. The molecule has 0 amide bonds. The van der Waals surface area contributed by atoms with Gasteiger partial charge in [0.25, 0.3) is 0 Å². The number of halogens is 6. The van der Waals surface area contributed by atoms with Gasteiger partial charge < -0.3 is 20.9 Å². The number of rotatable bonds is 4. The van der Waals surface area contributed by atoms with Gasteiger partial charge in [-0.25, -0.2) is 0 Å². The van der Waals surface area contributed by atoms with Crippen LogP contribution < -0.4 is 20.9 Å². The maximum atomic E-state index is 13.5. The largest absolute Gasteiger partial charge is 0.453 e. The fourth-order valence-electron chi connectivity index (χ4n) is 3.31. The van der Waals surface area contributed by atoms with Gasteiger partial charge in [0.2, 0.25) is 0 Å². The summed E-state index contributed by atoms with van der Waals surface area (Å²) in [4.78, 5) is 0. The number of hydrogen-bond donors (Lipinski definition) is 2. The number of ether oxygens (including phenoxy) is 2. The van der Waals surface area contributed by atoms with E-state index in [1.165, 1.54) is 24.3 Å². The van der Waals surface area contributed by atoms with Crippen molar-refractivity contribution in [2.45, 2.75) is 12.4 Å². The second kappa shape index (κ2) is 8.36. The molecule has 0 heterocycles. The molecule has 0 bridgehead atoms. The quantitative estimate of drug-likeness (QED) is 0.234. The van der Waals surface area contributed by atoms with Crippen molar-refractivity contribution in [1.82, 2.24) is 0 Å². The topological polar surface area (TPSA) is 70.5 Å². The van der Waals surface area contributed by atoms with Gasteiger partial charge >= 0.3 is 12.4 Å². The van der Waals surface area contributed by atoms with Crippen molar-refractivity contribution in [2.24, 2.45) is 0 Å². The first-order valence-electron chi connectivity index (χ1n) is 9.74. The van der Waals surface area contributed by atoms with Crippen LogP contribution in [0.3, 0.4) is 0 Å². The van der Waals surface area contributed by atoms with Gasteiger partial charge in [0.15, 0.2) is 11.5 Å². The number of alkyl halides is 6. The summed E-state index contributed by atoms with van der Waals surface area (Å²) in [5.74, 6) is -1.62. The third kappa shape index (κ3) is 4.80. The number of hydrogen-bond acceptors (Lipinski definition) is 4. The van der Waals surface area contributed by atoms with Crippen molar-refractivity contribution in [3.05, 3.63) is 83.9 Å². The Hall–Kier alpha value is -4.08. The fourth-order valence-corrected chi connectivity index (χ4v) is 3.31. The van der Waals surface area contributed by atoms with Crippen LogP contribution in [-0.4, -0.2) is 0 Å². The molecule has 4 aromatic carbocycles. The van der Waals surface area contributed by atoms with Crippen LogP contribution >= 0.6 is 0 Å². The molecule has 0 atom stereocenters. The molecule has 0 spiro atoms. The van der Waals surface area contributed by atoms with Crippen molar-refractivity contribution in [1.29, 1.82) is 0 Å². The molecule has 4 nitrogen and oxygen atoms in total. The highest BCUT2D eigenvalue weighted by Gasteiger charge is 2.36. The molecule has 0 aliphatic carbocycles. The zero-order chi connectivity index (χ0) is 24.7. The van der Waals surface area contributed by atoms with Crippen LogP contribution in [0.25, 0.3) is 10.8 Å². The highest BCUT2D eigenvalue weighted by molar-refractivity contribution is 5.86. The lowest BCUT2D eigenvalue weighted by Gasteiger charge is -2.19. The second-order valence-corrected chi connectivity index (χ2v) is 7.36. The first kappa shape index (κ1) is 23.1. The summed E-state index contributed by atoms with van der Waals surface area (Å²) in [7, 11) is 0. The first-order valence-corrected chi connectivity index (χ1v) is 9.74. The van der Waals surface area contributed by atoms with Gasteiger partial charge in [-0.1, -0.05) is 24.3 Å². The average molecular weight is 478 g/mol. The molecule has 4 N–H and O–H groups in total. The third-order valence-corrected chi connectivity index (χ3v) is 4.87. The maximum Gasteiger partial charge on any atom is 0.420 e.